The van der Waals surface area contributed by atoms with Crippen LogP contribution in [0.25, 0.3) is 11.0 Å². The minimum Gasteiger partial charge on any atom is -0.368 e. The lowest BCUT2D eigenvalue weighted by Gasteiger charge is -2.38. The predicted octanol–water partition coefficient (Wildman–Crippen LogP) is 0.883. The first kappa shape index (κ1) is 15.4. The van der Waals surface area contributed by atoms with Crippen molar-refractivity contribution in [1.82, 2.24) is 20.0 Å². The Balaban J connectivity index is 1.74. The summed E-state index contributed by atoms with van der Waals surface area (Å²) in [4.78, 5) is 23.7. The molecular weight excluding hydrogens is 296 g/mol. The maximum atomic E-state index is 12.1. The van der Waals surface area contributed by atoms with Crippen LogP contribution in [0, 0.1) is 11.3 Å². The maximum absolute atomic E-state index is 12.1. The second kappa shape index (κ2) is 6.73. The molecule has 3 heterocycles. The van der Waals surface area contributed by atoms with E-state index in [4.69, 9.17) is 10.00 Å². The van der Waals surface area contributed by atoms with Gasteiger partial charge < -0.3 is 9.72 Å². The normalized spacial score (nSPS) is 18.7. The maximum Gasteiger partial charge on any atom is 0.163 e. The Labute approximate surface area is 133 Å². The lowest BCUT2D eigenvalue weighted by molar-refractivity contribution is -0.136. The van der Waals surface area contributed by atoms with Crippen LogP contribution in [0.3, 0.4) is 0 Å². The Morgan fingerprint density at radius 1 is 1.61 bits per heavy atom. The largest absolute Gasteiger partial charge is 0.368 e. The number of ketones is 1. The van der Waals surface area contributed by atoms with Gasteiger partial charge in [-0.1, -0.05) is 0 Å². The van der Waals surface area contributed by atoms with Crippen molar-refractivity contribution in [2.75, 3.05) is 31.8 Å². The van der Waals surface area contributed by atoms with Gasteiger partial charge in [-0.3, -0.25) is 9.80 Å². The molecule has 8 nitrogen and oxygen atoms in total. The molecule has 0 spiro atoms. The number of Topliss-reactive ketones (excluding diaryl/α,β-unsaturated/α-hetero) is 1. The zero-order valence-electron chi connectivity index (χ0n) is 12.9. The zero-order chi connectivity index (χ0) is 16.2. The van der Waals surface area contributed by atoms with Gasteiger partial charge >= 0.3 is 0 Å². The Bertz CT molecular complexity index is 737. The summed E-state index contributed by atoms with van der Waals surface area (Å²) in [5.74, 6) is 0.750. The van der Waals surface area contributed by atoms with Crippen LogP contribution in [0.1, 0.15) is 12.8 Å². The Kier molecular flexibility index (Phi) is 4.50. The third-order valence-electron chi connectivity index (χ3n) is 3.95. The molecule has 0 radical (unpaired) electrons. The summed E-state index contributed by atoms with van der Waals surface area (Å²) < 4.78 is 5.56. The van der Waals surface area contributed by atoms with Crippen molar-refractivity contribution in [3.63, 3.8) is 0 Å². The molecule has 1 N–H and O–H groups in total. The van der Waals surface area contributed by atoms with E-state index in [9.17, 15) is 4.79 Å². The van der Waals surface area contributed by atoms with Crippen molar-refractivity contribution in [3.8, 4) is 6.07 Å². The first-order valence-corrected chi connectivity index (χ1v) is 7.48. The summed E-state index contributed by atoms with van der Waals surface area (Å²) in [6.45, 7) is 1.60. The standard InChI is InChI=1S/C15H18N6O2/c1-20(15-11-4-6-17-14(11)18-10-19-15)21-7-8-23-13(9-21)12(22)3-2-5-16/h4,6,10,13H,2-3,7-9H2,1H3,(H,17,18,19). The molecule has 0 bridgehead atoms. The number of ether oxygens (including phenoxy) is 1. The first-order valence-electron chi connectivity index (χ1n) is 7.48. The van der Waals surface area contributed by atoms with E-state index >= 15 is 0 Å². The molecule has 120 valence electrons. The predicted molar refractivity (Wildman–Crippen MR) is 83.5 cm³/mol. The quantitative estimate of drug-likeness (QED) is 0.874. The number of anilines is 1. The number of aromatic amines is 1. The molecule has 8 heteroatoms. The van der Waals surface area contributed by atoms with Gasteiger partial charge in [0, 0.05) is 32.6 Å². The number of hydrogen-bond donors (Lipinski definition) is 1. The number of hydrazine groups is 1. The summed E-state index contributed by atoms with van der Waals surface area (Å²) in [6, 6.07) is 3.92. The van der Waals surface area contributed by atoms with E-state index in [-0.39, 0.29) is 18.6 Å². The fourth-order valence-electron chi connectivity index (χ4n) is 2.69. The molecule has 1 atom stereocenters. The van der Waals surface area contributed by atoms with Gasteiger partial charge in [-0.05, 0) is 6.07 Å². The van der Waals surface area contributed by atoms with E-state index in [0.29, 0.717) is 19.7 Å². The Morgan fingerprint density at radius 2 is 2.48 bits per heavy atom. The molecule has 2 aromatic rings. The molecule has 23 heavy (non-hydrogen) atoms. The molecule has 1 saturated heterocycles. The van der Waals surface area contributed by atoms with Crippen molar-refractivity contribution in [2.45, 2.75) is 18.9 Å². The highest BCUT2D eigenvalue weighted by atomic mass is 16.5. The van der Waals surface area contributed by atoms with Crippen molar-refractivity contribution < 1.29 is 9.53 Å². The summed E-state index contributed by atoms with van der Waals surface area (Å²) in [5.41, 5.74) is 0.775. The number of rotatable bonds is 5. The monoisotopic (exact) mass is 314 g/mol. The highest BCUT2D eigenvalue weighted by molar-refractivity contribution is 5.87. The number of carbonyl (C=O) groups excluding carboxylic acids is 1. The smallest absolute Gasteiger partial charge is 0.163 e. The fraction of sp³-hybridized carbons (Fsp3) is 0.467. The third kappa shape index (κ3) is 3.16. The van der Waals surface area contributed by atoms with Gasteiger partial charge in [-0.15, -0.1) is 0 Å². The second-order valence-electron chi connectivity index (χ2n) is 5.36. The van der Waals surface area contributed by atoms with E-state index in [1.54, 1.807) is 0 Å². The van der Waals surface area contributed by atoms with Crippen molar-refractivity contribution in [2.24, 2.45) is 0 Å². The molecule has 1 aliphatic heterocycles. The van der Waals surface area contributed by atoms with Crippen molar-refractivity contribution in [1.29, 1.82) is 5.26 Å². The van der Waals surface area contributed by atoms with Crippen LogP contribution < -0.4 is 5.01 Å². The number of nitrogens with zero attached hydrogens (tertiary/aromatic N) is 5. The van der Waals surface area contributed by atoms with E-state index in [1.165, 1.54) is 6.33 Å². The molecule has 0 saturated carbocycles. The number of nitriles is 1. The van der Waals surface area contributed by atoms with Crippen molar-refractivity contribution >= 4 is 22.6 Å². The highest BCUT2D eigenvalue weighted by Gasteiger charge is 2.29. The van der Waals surface area contributed by atoms with Gasteiger partial charge in [0.2, 0.25) is 0 Å². The van der Waals surface area contributed by atoms with Crippen LogP contribution in [0.5, 0.6) is 0 Å². The Morgan fingerprint density at radius 3 is 3.30 bits per heavy atom. The zero-order valence-corrected chi connectivity index (χ0v) is 12.9. The number of carbonyl (C=O) groups is 1. The van der Waals surface area contributed by atoms with Gasteiger partial charge in [0.1, 0.15) is 18.1 Å². The topological polar surface area (TPSA) is 98.1 Å². The van der Waals surface area contributed by atoms with Crippen LogP contribution in [-0.2, 0) is 9.53 Å². The van der Waals surface area contributed by atoms with E-state index in [0.717, 1.165) is 16.9 Å². The van der Waals surface area contributed by atoms with E-state index in [2.05, 4.69) is 15.0 Å². The number of nitrogens with one attached hydrogen (secondary N) is 1. The lowest BCUT2D eigenvalue weighted by Crippen LogP contribution is -2.53. The molecule has 0 aliphatic carbocycles. The van der Waals surface area contributed by atoms with Crippen LogP contribution in [0.15, 0.2) is 18.6 Å². The SMILES string of the molecule is CN(c1ncnc2[nH]ccc12)N1CCOC(C(=O)CCC#N)C1. The molecular formula is C15H18N6O2. The molecule has 3 rings (SSSR count). The van der Waals surface area contributed by atoms with Crippen LogP contribution in [0.4, 0.5) is 5.82 Å². The first-order chi connectivity index (χ1) is 11.2. The summed E-state index contributed by atoms with van der Waals surface area (Å²) in [5, 5.41) is 13.5. The number of hydrogen-bond acceptors (Lipinski definition) is 7. The third-order valence-corrected chi connectivity index (χ3v) is 3.95. The molecule has 0 amide bonds. The summed E-state index contributed by atoms with van der Waals surface area (Å²) in [6.07, 6.45) is 3.30. The van der Waals surface area contributed by atoms with Crippen LogP contribution in [0.2, 0.25) is 0 Å². The van der Waals surface area contributed by atoms with Gasteiger partial charge in [0.25, 0.3) is 0 Å². The average Bonchev–Trinajstić information content (AvgIpc) is 3.07. The minimum atomic E-state index is -0.497. The lowest BCUT2D eigenvalue weighted by atomic mass is 10.1. The fourth-order valence-corrected chi connectivity index (χ4v) is 2.69. The summed E-state index contributed by atoms with van der Waals surface area (Å²) in [7, 11) is 1.91. The number of fused-ring (bicyclic) bond motifs is 1. The number of morpholine rings is 1. The second-order valence-corrected chi connectivity index (χ2v) is 5.36. The van der Waals surface area contributed by atoms with Gasteiger partial charge in [-0.25, -0.2) is 15.0 Å². The number of H-pyrrole nitrogens is 1. The molecule has 1 unspecified atom stereocenters. The molecule has 2 aromatic heterocycles. The number of aromatic nitrogens is 3. The molecule has 1 aliphatic rings. The van der Waals surface area contributed by atoms with Crippen LogP contribution in [-0.4, -0.2) is 58.6 Å². The van der Waals surface area contributed by atoms with Crippen molar-refractivity contribution in [3.05, 3.63) is 18.6 Å². The van der Waals surface area contributed by atoms with E-state index in [1.807, 2.05) is 35.4 Å². The highest BCUT2D eigenvalue weighted by Crippen LogP contribution is 2.23. The Hall–Kier alpha value is -2.50. The van der Waals surface area contributed by atoms with Gasteiger partial charge in [0.05, 0.1) is 24.6 Å². The molecule has 0 aromatic carbocycles. The van der Waals surface area contributed by atoms with Gasteiger partial charge in [-0.2, -0.15) is 5.26 Å². The van der Waals surface area contributed by atoms with Gasteiger partial charge in [0.15, 0.2) is 11.6 Å². The molecule has 1 fully saturated rings. The average molecular weight is 314 g/mol. The minimum absolute atomic E-state index is 0.0286. The van der Waals surface area contributed by atoms with E-state index < -0.39 is 6.10 Å². The van der Waals surface area contributed by atoms with Crippen LogP contribution >= 0.6 is 0 Å². The summed E-state index contributed by atoms with van der Waals surface area (Å²) >= 11 is 0.